The van der Waals surface area contributed by atoms with Gasteiger partial charge in [-0.2, -0.15) is 0 Å². The second-order valence-corrected chi connectivity index (χ2v) is 7.94. The molecule has 0 radical (unpaired) electrons. The molecule has 28 heavy (non-hydrogen) atoms. The average molecular weight is 401 g/mol. The van der Waals surface area contributed by atoms with E-state index in [9.17, 15) is 15.0 Å². The van der Waals surface area contributed by atoms with Crippen molar-refractivity contribution >= 4 is 34.3 Å². The lowest BCUT2D eigenvalue weighted by Crippen LogP contribution is -2.37. The standard InChI is InChI=1S/C21H24N2O4S/c1-21(2,20(25)26)27-16-8-7-13-9-15(22-18(13)12-16)11-19(24)23-14-5-4-6-17(10-14)28-3/h4-10,12,19,22-24H,11H2,1-3H3,(H,25,26). The predicted molar refractivity (Wildman–Crippen MR) is 112 cm³/mol. The molecule has 1 unspecified atom stereocenters. The molecule has 1 heterocycles. The van der Waals surface area contributed by atoms with E-state index in [1.54, 1.807) is 23.9 Å². The summed E-state index contributed by atoms with van der Waals surface area (Å²) < 4.78 is 5.58. The summed E-state index contributed by atoms with van der Waals surface area (Å²) in [5, 5.41) is 23.7. The number of carboxylic acid groups (broad SMARTS) is 1. The molecule has 3 rings (SSSR count). The van der Waals surface area contributed by atoms with E-state index in [0.717, 1.165) is 27.2 Å². The van der Waals surface area contributed by atoms with Crippen LogP contribution in [0, 0.1) is 0 Å². The van der Waals surface area contributed by atoms with Crippen molar-refractivity contribution in [2.75, 3.05) is 11.6 Å². The van der Waals surface area contributed by atoms with Gasteiger partial charge in [-0.25, -0.2) is 4.79 Å². The Morgan fingerprint density at radius 3 is 2.75 bits per heavy atom. The summed E-state index contributed by atoms with van der Waals surface area (Å²) in [4.78, 5) is 15.6. The lowest BCUT2D eigenvalue weighted by molar-refractivity contribution is -0.152. The quantitative estimate of drug-likeness (QED) is 0.336. The maximum atomic E-state index is 11.2. The maximum Gasteiger partial charge on any atom is 0.347 e. The second-order valence-electron chi connectivity index (χ2n) is 7.06. The third kappa shape index (κ3) is 4.79. The fourth-order valence-electron chi connectivity index (χ4n) is 2.84. The SMILES string of the molecule is CSc1cccc(NC(O)Cc2cc3ccc(OC(C)(C)C(=O)O)cc3[nH]2)c1. The van der Waals surface area contributed by atoms with Crippen molar-refractivity contribution in [3.8, 4) is 5.75 Å². The monoisotopic (exact) mass is 400 g/mol. The number of ether oxygens (including phenoxy) is 1. The van der Waals surface area contributed by atoms with Crippen LogP contribution in [0.3, 0.4) is 0 Å². The number of carbonyl (C=O) groups is 1. The van der Waals surface area contributed by atoms with Gasteiger partial charge in [0, 0.05) is 34.3 Å². The number of fused-ring (bicyclic) bond motifs is 1. The van der Waals surface area contributed by atoms with Gasteiger partial charge in [-0.1, -0.05) is 6.07 Å². The maximum absolute atomic E-state index is 11.2. The van der Waals surface area contributed by atoms with Gasteiger partial charge < -0.3 is 25.3 Å². The number of aliphatic carboxylic acids is 1. The first-order chi connectivity index (χ1) is 13.3. The van der Waals surface area contributed by atoms with Crippen LogP contribution in [0.25, 0.3) is 10.9 Å². The van der Waals surface area contributed by atoms with Crippen molar-refractivity contribution in [3.05, 3.63) is 54.2 Å². The average Bonchev–Trinajstić information content (AvgIpc) is 3.02. The highest BCUT2D eigenvalue weighted by molar-refractivity contribution is 7.98. The minimum absolute atomic E-state index is 0.398. The minimum Gasteiger partial charge on any atom is -0.478 e. The number of hydrogen-bond acceptors (Lipinski definition) is 5. The van der Waals surface area contributed by atoms with Gasteiger partial charge in [0.25, 0.3) is 0 Å². The number of thioether (sulfide) groups is 1. The summed E-state index contributed by atoms with van der Waals surface area (Å²) in [5.74, 6) is -0.555. The molecule has 3 aromatic rings. The number of H-pyrrole nitrogens is 1. The van der Waals surface area contributed by atoms with Gasteiger partial charge in [-0.05, 0) is 61.9 Å². The van der Waals surface area contributed by atoms with Gasteiger partial charge in [-0.3, -0.25) is 0 Å². The van der Waals surface area contributed by atoms with Crippen LogP contribution in [0.2, 0.25) is 0 Å². The molecule has 0 saturated heterocycles. The van der Waals surface area contributed by atoms with Crippen LogP contribution in [0.4, 0.5) is 5.69 Å². The summed E-state index contributed by atoms with van der Waals surface area (Å²) in [6.07, 6.45) is 1.66. The van der Waals surface area contributed by atoms with Crippen LogP contribution in [-0.4, -0.2) is 39.3 Å². The number of nitrogens with one attached hydrogen (secondary N) is 2. The molecule has 4 N–H and O–H groups in total. The largest absolute Gasteiger partial charge is 0.478 e. The number of aromatic nitrogens is 1. The Labute approximate surface area is 167 Å². The molecule has 2 aromatic carbocycles. The molecule has 0 amide bonds. The van der Waals surface area contributed by atoms with Crippen LogP contribution in [0.5, 0.6) is 5.75 Å². The van der Waals surface area contributed by atoms with E-state index >= 15 is 0 Å². The Morgan fingerprint density at radius 2 is 2.04 bits per heavy atom. The first-order valence-electron chi connectivity index (χ1n) is 8.89. The lowest BCUT2D eigenvalue weighted by atomic mass is 10.1. The number of benzene rings is 2. The Hall–Kier alpha value is -2.64. The zero-order valence-corrected chi connectivity index (χ0v) is 16.8. The van der Waals surface area contributed by atoms with Gasteiger partial charge in [0.1, 0.15) is 12.0 Å². The zero-order valence-electron chi connectivity index (χ0n) is 16.0. The molecule has 0 bridgehead atoms. The van der Waals surface area contributed by atoms with Crippen LogP contribution in [0.15, 0.2) is 53.4 Å². The summed E-state index contributed by atoms with van der Waals surface area (Å²) in [5.41, 5.74) is 1.24. The highest BCUT2D eigenvalue weighted by atomic mass is 32.2. The van der Waals surface area contributed by atoms with Crippen molar-refractivity contribution in [3.63, 3.8) is 0 Å². The summed E-state index contributed by atoms with van der Waals surface area (Å²) in [6.45, 7) is 3.02. The predicted octanol–water partition coefficient (Wildman–Crippen LogP) is 4.10. The van der Waals surface area contributed by atoms with E-state index in [1.165, 1.54) is 13.8 Å². The third-order valence-electron chi connectivity index (χ3n) is 4.35. The molecule has 6 nitrogen and oxygen atoms in total. The normalized spacial score (nSPS) is 12.7. The molecule has 0 aliphatic carbocycles. The molecule has 7 heteroatoms. The molecule has 148 valence electrons. The highest BCUT2D eigenvalue weighted by Gasteiger charge is 2.29. The molecular weight excluding hydrogens is 376 g/mol. The molecule has 0 aliphatic heterocycles. The van der Waals surface area contributed by atoms with E-state index in [0.29, 0.717) is 12.2 Å². The third-order valence-corrected chi connectivity index (χ3v) is 5.08. The number of aliphatic hydroxyl groups excluding tert-OH is 1. The van der Waals surface area contributed by atoms with Crippen LogP contribution >= 0.6 is 11.8 Å². The minimum atomic E-state index is -1.31. The number of carboxylic acids is 1. The Balaban J connectivity index is 1.70. The van der Waals surface area contributed by atoms with Gasteiger partial charge in [0.05, 0.1) is 0 Å². The number of rotatable bonds is 8. The second kappa shape index (κ2) is 8.16. The molecular formula is C21H24N2O4S. The fraction of sp³-hybridized carbons (Fsp3) is 0.286. The van der Waals surface area contributed by atoms with Crippen LogP contribution < -0.4 is 10.1 Å². The smallest absolute Gasteiger partial charge is 0.347 e. The molecule has 1 atom stereocenters. The fourth-order valence-corrected chi connectivity index (χ4v) is 3.30. The van der Waals surface area contributed by atoms with Gasteiger partial charge in [-0.15, -0.1) is 11.8 Å². The number of anilines is 1. The van der Waals surface area contributed by atoms with Crippen molar-refractivity contribution in [1.82, 2.24) is 4.98 Å². The molecule has 0 saturated carbocycles. The molecule has 1 aromatic heterocycles. The van der Waals surface area contributed by atoms with Gasteiger partial charge in [0.15, 0.2) is 5.60 Å². The Bertz CT molecular complexity index is 983. The van der Waals surface area contributed by atoms with Gasteiger partial charge in [0.2, 0.25) is 0 Å². The molecule has 0 aliphatic rings. The van der Waals surface area contributed by atoms with Crippen molar-refractivity contribution < 1.29 is 19.7 Å². The highest BCUT2D eigenvalue weighted by Crippen LogP contribution is 2.25. The van der Waals surface area contributed by atoms with Crippen molar-refractivity contribution in [2.24, 2.45) is 0 Å². The van der Waals surface area contributed by atoms with E-state index in [1.807, 2.05) is 42.7 Å². The van der Waals surface area contributed by atoms with E-state index in [2.05, 4.69) is 10.3 Å². The Kier molecular flexibility index (Phi) is 5.86. The topological polar surface area (TPSA) is 94.6 Å². The zero-order chi connectivity index (χ0) is 20.3. The van der Waals surface area contributed by atoms with Crippen molar-refractivity contribution in [1.29, 1.82) is 0 Å². The van der Waals surface area contributed by atoms with Crippen LogP contribution in [-0.2, 0) is 11.2 Å². The first kappa shape index (κ1) is 20.1. The summed E-state index contributed by atoms with van der Waals surface area (Å²) >= 11 is 1.65. The van der Waals surface area contributed by atoms with E-state index in [-0.39, 0.29) is 0 Å². The van der Waals surface area contributed by atoms with E-state index in [4.69, 9.17) is 4.74 Å². The number of hydrogen-bond donors (Lipinski definition) is 4. The summed E-state index contributed by atoms with van der Waals surface area (Å²) in [6, 6.07) is 15.2. The number of aliphatic hydroxyl groups is 1. The van der Waals surface area contributed by atoms with E-state index < -0.39 is 17.8 Å². The van der Waals surface area contributed by atoms with Crippen LogP contribution in [0.1, 0.15) is 19.5 Å². The molecule has 0 fully saturated rings. The first-order valence-corrected chi connectivity index (χ1v) is 10.1. The van der Waals surface area contributed by atoms with Crippen molar-refractivity contribution in [2.45, 2.75) is 37.0 Å². The van der Waals surface area contributed by atoms with Gasteiger partial charge >= 0.3 is 5.97 Å². The summed E-state index contributed by atoms with van der Waals surface area (Å²) in [7, 11) is 0. The molecule has 0 spiro atoms. The Morgan fingerprint density at radius 1 is 1.25 bits per heavy atom. The number of aromatic amines is 1. The lowest BCUT2D eigenvalue weighted by Gasteiger charge is -2.21.